The van der Waals surface area contributed by atoms with Crippen LogP contribution in [0.4, 0.5) is 0 Å². The molecule has 0 radical (unpaired) electrons. The third kappa shape index (κ3) is 2.25. The second kappa shape index (κ2) is 5.24. The summed E-state index contributed by atoms with van der Waals surface area (Å²) >= 11 is 0. The topological polar surface area (TPSA) is 59.7 Å². The van der Waals surface area contributed by atoms with E-state index in [0.717, 1.165) is 35.7 Å². The van der Waals surface area contributed by atoms with Gasteiger partial charge in [-0.25, -0.2) is 0 Å². The molecule has 0 amide bonds. The van der Waals surface area contributed by atoms with E-state index in [-0.39, 0.29) is 6.04 Å². The fourth-order valence-electron chi connectivity index (χ4n) is 4.50. The number of fused-ring (bicyclic) bond motifs is 8. The summed E-state index contributed by atoms with van der Waals surface area (Å²) in [5.74, 6) is 0.410. The molecule has 1 fully saturated rings. The number of H-pyrrole nitrogens is 3. The van der Waals surface area contributed by atoms with Crippen molar-refractivity contribution in [2.75, 3.05) is 0 Å². The van der Waals surface area contributed by atoms with Gasteiger partial charge in [0.2, 0.25) is 0 Å². The maximum Gasteiger partial charge on any atom is 0.0893 e. The van der Waals surface area contributed by atoms with Crippen LogP contribution in [0.15, 0.2) is 53.0 Å². The van der Waals surface area contributed by atoms with Gasteiger partial charge in [-0.05, 0) is 67.0 Å². The van der Waals surface area contributed by atoms with Crippen LogP contribution in [0.1, 0.15) is 41.5 Å². The molecule has 1 saturated carbocycles. The number of rotatable bonds is 0. The second-order valence-electron chi connectivity index (χ2n) is 7.52. The molecule has 5 heterocycles. The summed E-state index contributed by atoms with van der Waals surface area (Å²) in [5, 5.41) is 2.23. The molecule has 128 valence electrons. The Morgan fingerprint density at radius 2 is 1.73 bits per heavy atom. The molecule has 3 aromatic rings. The summed E-state index contributed by atoms with van der Waals surface area (Å²) < 4.78 is 0. The zero-order valence-electron chi connectivity index (χ0n) is 14.4. The number of aromatic amines is 3. The van der Waals surface area contributed by atoms with Gasteiger partial charge >= 0.3 is 0 Å². The van der Waals surface area contributed by atoms with Crippen LogP contribution in [0.2, 0.25) is 0 Å². The van der Waals surface area contributed by atoms with Crippen molar-refractivity contribution in [1.82, 2.24) is 15.0 Å². The van der Waals surface area contributed by atoms with Crippen molar-refractivity contribution in [2.24, 2.45) is 4.99 Å². The van der Waals surface area contributed by atoms with Crippen LogP contribution in [-0.4, -0.2) is 26.7 Å². The van der Waals surface area contributed by atoms with Gasteiger partial charge in [-0.15, -0.1) is 0 Å². The predicted octanol–water partition coefficient (Wildman–Crippen LogP) is 2.51. The van der Waals surface area contributed by atoms with E-state index >= 15 is 0 Å². The minimum absolute atomic E-state index is 0.147. The smallest absolute Gasteiger partial charge is 0.0893 e. The SMILES string of the molecule is C1=C2CCC3C2=NC1C=c1ccc([nH]1)=Cc1ccc([nH]1)Cc1ccc3[nH]1. The monoisotopic (exact) mass is 340 g/mol. The highest BCUT2D eigenvalue weighted by molar-refractivity contribution is 6.08. The number of aliphatic imine (C=N–C) groups is 1. The number of hydrogen-bond donors (Lipinski definition) is 3. The molecular weight excluding hydrogens is 320 g/mol. The summed E-state index contributed by atoms with van der Waals surface area (Å²) in [5.41, 5.74) is 7.61. The molecule has 0 saturated heterocycles. The highest BCUT2D eigenvalue weighted by Gasteiger charge is 2.33. The first-order chi connectivity index (χ1) is 12.8. The Kier molecular flexibility index (Phi) is 2.86. The largest absolute Gasteiger partial charge is 0.361 e. The van der Waals surface area contributed by atoms with E-state index in [0.29, 0.717) is 5.92 Å². The number of allylic oxidation sites excluding steroid dienone is 1. The number of nitrogens with zero attached hydrogens (tertiary/aromatic N) is 1. The van der Waals surface area contributed by atoms with Gasteiger partial charge in [0.05, 0.1) is 6.04 Å². The van der Waals surface area contributed by atoms with Crippen LogP contribution in [0.25, 0.3) is 12.2 Å². The van der Waals surface area contributed by atoms with Gasteiger partial charge in [0.15, 0.2) is 0 Å². The first-order valence-corrected chi connectivity index (χ1v) is 9.33. The predicted molar refractivity (Wildman–Crippen MR) is 104 cm³/mol. The minimum Gasteiger partial charge on any atom is -0.361 e. The molecule has 0 aromatic carbocycles. The molecule has 8 bridgehead atoms. The Labute approximate surface area is 151 Å². The fraction of sp³-hybridized carbons (Fsp3) is 0.227. The van der Waals surface area contributed by atoms with Crippen LogP contribution in [-0.2, 0) is 6.42 Å². The molecule has 3 aromatic heterocycles. The van der Waals surface area contributed by atoms with Gasteiger partial charge in [0.1, 0.15) is 0 Å². The Bertz CT molecular complexity index is 1180. The molecule has 26 heavy (non-hydrogen) atoms. The molecule has 3 aliphatic rings. The lowest BCUT2D eigenvalue weighted by Gasteiger charge is -2.08. The molecule has 2 atom stereocenters. The normalized spacial score (nSPS) is 23.2. The van der Waals surface area contributed by atoms with E-state index in [1.54, 1.807) is 0 Å². The molecule has 2 unspecified atom stereocenters. The molecule has 4 nitrogen and oxygen atoms in total. The lowest BCUT2D eigenvalue weighted by Crippen LogP contribution is -2.12. The van der Waals surface area contributed by atoms with Crippen molar-refractivity contribution in [3.63, 3.8) is 0 Å². The van der Waals surface area contributed by atoms with E-state index in [1.165, 1.54) is 28.4 Å². The number of hydrogen-bond acceptors (Lipinski definition) is 1. The minimum atomic E-state index is 0.147. The number of nitrogens with one attached hydrogen (secondary N) is 3. The van der Waals surface area contributed by atoms with Gasteiger partial charge in [-0.3, -0.25) is 4.99 Å². The lowest BCUT2D eigenvalue weighted by molar-refractivity contribution is 0.797. The third-order valence-corrected chi connectivity index (χ3v) is 5.71. The summed E-state index contributed by atoms with van der Waals surface area (Å²) in [6.45, 7) is 0. The molecule has 3 N–H and O–H groups in total. The van der Waals surface area contributed by atoms with E-state index in [9.17, 15) is 0 Å². The molecule has 1 aliphatic carbocycles. The van der Waals surface area contributed by atoms with Gasteiger partial charge in [0.25, 0.3) is 0 Å². The first kappa shape index (κ1) is 14.2. The zero-order valence-corrected chi connectivity index (χ0v) is 14.4. The highest BCUT2D eigenvalue weighted by atomic mass is 14.9. The van der Waals surface area contributed by atoms with Crippen LogP contribution in [0.5, 0.6) is 0 Å². The van der Waals surface area contributed by atoms with E-state index < -0.39 is 0 Å². The van der Waals surface area contributed by atoms with Crippen molar-refractivity contribution >= 4 is 17.9 Å². The van der Waals surface area contributed by atoms with Crippen LogP contribution in [0, 0.1) is 0 Å². The first-order valence-electron chi connectivity index (χ1n) is 9.33. The van der Waals surface area contributed by atoms with Crippen molar-refractivity contribution in [1.29, 1.82) is 0 Å². The van der Waals surface area contributed by atoms with E-state index in [1.807, 2.05) is 0 Å². The third-order valence-electron chi connectivity index (χ3n) is 5.71. The van der Waals surface area contributed by atoms with Crippen molar-refractivity contribution in [3.05, 3.63) is 81.5 Å². The van der Waals surface area contributed by atoms with E-state index in [4.69, 9.17) is 4.99 Å². The van der Waals surface area contributed by atoms with Crippen molar-refractivity contribution in [2.45, 2.75) is 31.2 Å². The van der Waals surface area contributed by atoms with Crippen LogP contribution < -0.4 is 10.7 Å². The van der Waals surface area contributed by atoms with Gasteiger partial charge in [-0.1, -0.05) is 6.08 Å². The van der Waals surface area contributed by atoms with Crippen molar-refractivity contribution in [3.8, 4) is 0 Å². The van der Waals surface area contributed by atoms with Crippen LogP contribution >= 0.6 is 0 Å². The van der Waals surface area contributed by atoms with E-state index in [2.05, 4.69) is 69.6 Å². The van der Waals surface area contributed by atoms with Gasteiger partial charge < -0.3 is 15.0 Å². The maximum atomic E-state index is 5.03. The Morgan fingerprint density at radius 1 is 0.846 bits per heavy atom. The van der Waals surface area contributed by atoms with Gasteiger partial charge in [0, 0.05) is 51.5 Å². The summed E-state index contributed by atoms with van der Waals surface area (Å²) in [6, 6.07) is 13.2. The summed E-state index contributed by atoms with van der Waals surface area (Å²) in [6.07, 6.45) is 9.88. The number of aromatic nitrogens is 3. The summed E-state index contributed by atoms with van der Waals surface area (Å²) in [7, 11) is 0. The van der Waals surface area contributed by atoms with Crippen molar-refractivity contribution < 1.29 is 0 Å². The summed E-state index contributed by atoms with van der Waals surface area (Å²) in [4.78, 5) is 15.7. The molecule has 0 spiro atoms. The second-order valence-corrected chi connectivity index (χ2v) is 7.52. The highest BCUT2D eigenvalue weighted by Crippen LogP contribution is 2.39. The quantitative estimate of drug-likeness (QED) is 0.563. The molecular formula is C22H20N4. The standard InChI is InChI=1S/C22H20N4/c1-7-20-21-8-6-18(25-21)11-16-3-2-14(23-16)10-15-4-5-17(24-15)12-19-9-13(1)22(20)26-19/h2-6,8-10,12,19-20,23-25H,1,7,11H2. The Hall–Kier alpha value is -3.01. The van der Waals surface area contributed by atoms with Crippen LogP contribution in [0.3, 0.4) is 0 Å². The molecule has 6 rings (SSSR count). The molecule has 2 aliphatic heterocycles. The Balaban J connectivity index is 1.53. The lowest BCUT2D eigenvalue weighted by atomic mass is 10.0. The zero-order chi connectivity index (χ0) is 17.1. The Morgan fingerprint density at radius 3 is 2.73 bits per heavy atom. The fourth-order valence-corrected chi connectivity index (χ4v) is 4.50. The van der Waals surface area contributed by atoms with Gasteiger partial charge in [-0.2, -0.15) is 0 Å². The maximum absolute atomic E-state index is 5.03. The average molecular weight is 340 g/mol. The molecule has 4 heteroatoms. The average Bonchev–Trinajstić information content (AvgIpc) is 3.38.